The number of carbonyl (C=O) groups excluding carboxylic acids is 3. The van der Waals surface area contributed by atoms with E-state index in [1.807, 2.05) is 46.2 Å². The predicted octanol–water partition coefficient (Wildman–Crippen LogP) is 6.96. The number of imidazole rings is 1. The number of esters is 1. The van der Waals surface area contributed by atoms with Gasteiger partial charge in [-0.05, 0) is 138 Å². The van der Waals surface area contributed by atoms with Gasteiger partial charge in [0.2, 0.25) is 0 Å². The van der Waals surface area contributed by atoms with Gasteiger partial charge < -0.3 is 40.4 Å². The lowest BCUT2D eigenvalue weighted by Gasteiger charge is -2.38. The van der Waals surface area contributed by atoms with E-state index >= 15 is 0 Å². The Kier molecular flexibility index (Phi) is 11.6. The number of fused-ring (bicyclic) bond motifs is 2. The zero-order valence-corrected chi connectivity index (χ0v) is 33.1. The highest BCUT2D eigenvalue weighted by Crippen LogP contribution is 2.33. The molecule has 2 fully saturated rings. The van der Waals surface area contributed by atoms with Gasteiger partial charge in [0.1, 0.15) is 5.82 Å². The summed E-state index contributed by atoms with van der Waals surface area (Å²) < 4.78 is 8.73. The van der Waals surface area contributed by atoms with Crippen LogP contribution in [0.25, 0.3) is 11.0 Å². The number of para-hydroxylation sites is 1. The largest absolute Gasteiger partial charge is 0.465 e. The molecular formula is C39H46Br2N8O4. The molecule has 4 N–H and O–H groups in total. The van der Waals surface area contributed by atoms with Crippen molar-refractivity contribution in [1.82, 2.24) is 29.6 Å². The zero-order valence-electron chi connectivity index (χ0n) is 30.0. The number of halogens is 2. The van der Waals surface area contributed by atoms with Crippen molar-refractivity contribution in [3.63, 3.8) is 0 Å². The fourth-order valence-corrected chi connectivity index (χ4v) is 9.19. The van der Waals surface area contributed by atoms with Gasteiger partial charge in [-0.25, -0.2) is 19.4 Å². The maximum atomic E-state index is 14.2. The molecular weight excluding hydrogens is 804 g/mol. The number of aryl methyl sites for hydroxylation is 1. The van der Waals surface area contributed by atoms with Crippen LogP contribution in [0.1, 0.15) is 65.5 Å². The first kappa shape index (κ1) is 37.2. The van der Waals surface area contributed by atoms with Gasteiger partial charge in [0, 0.05) is 53.3 Å². The van der Waals surface area contributed by atoms with Crippen LogP contribution >= 0.6 is 31.9 Å². The molecule has 53 heavy (non-hydrogen) atoms. The van der Waals surface area contributed by atoms with E-state index in [1.54, 1.807) is 12.1 Å². The Morgan fingerprint density at radius 2 is 1.74 bits per heavy atom. The first-order valence-electron chi connectivity index (χ1n) is 18.4. The number of anilines is 2. The fourth-order valence-electron chi connectivity index (χ4n) is 7.91. The Hall–Kier alpha value is -4.14. The van der Waals surface area contributed by atoms with Gasteiger partial charge >= 0.3 is 18.0 Å². The maximum Gasteiger partial charge on any atom is 0.337 e. The Morgan fingerprint density at radius 3 is 2.47 bits per heavy atom. The number of hydrogen-bond donors (Lipinski definition) is 3. The summed E-state index contributed by atoms with van der Waals surface area (Å²) in [5, 5.41) is 6.44. The van der Waals surface area contributed by atoms with Crippen LogP contribution in [0, 0.1) is 0 Å². The molecule has 0 spiro atoms. The van der Waals surface area contributed by atoms with E-state index in [0.717, 1.165) is 69.6 Å². The maximum absolute atomic E-state index is 14.2. The number of carbonyl (C=O) groups is 3. The van der Waals surface area contributed by atoms with Gasteiger partial charge in [0.15, 0.2) is 0 Å². The molecule has 3 aromatic carbocycles. The number of nitrogens with one attached hydrogen (secondary N) is 2. The van der Waals surface area contributed by atoms with E-state index in [4.69, 9.17) is 15.5 Å². The number of rotatable bonds is 10. The summed E-state index contributed by atoms with van der Waals surface area (Å²) in [5.41, 5.74) is 11.8. The molecule has 0 saturated carbocycles. The van der Waals surface area contributed by atoms with Crippen LogP contribution in [0.2, 0.25) is 0 Å². The third-order valence-corrected chi connectivity index (χ3v) is 12.1. The second-order valence-corrected chi connectivity index (χ2v) is 15.9. The number of nitrogens with zero attached hydrogens (tertiary/aromatic N) is 5. The number of piperidine rings is 1. The lowest BCUT2D eigenvalue weighted by Crippen LogP contribution is -2.52. The SMILES string of the molecule is COC(=O)c1ccc2c(c1)nc([C@@H](Cc1cc(Br)c(N)c(Br)c1)NC(=O)N1CCC(N3CCc4ccccc4NC3=O)CC1)n2CCCN1CCCC1. The van der Waals surface area contributed by atoms with Crippen LogP contribution in [-0.2, 0) is 24.1 Å². The molecule has 7 rings (SSSR count). The van der Waals surface area contributed by atoms with Crippen molar-refractivity contribution in [1.29, 1.82) is 0 Å². The van der Waals surface area contributed by atoms with Crippen molar-refractivity contribution in [2.75, 3.05) is 57.4 Å². The summed E-state index contributed by atoms with van der Waals surface area (Å²) in [5.74, 6) is 0.292. The van der Waals surface area contributed by atoms with Gasteiger partial charge in [-0.2, -0.15) is 0 Å². The summed E-state index contributed by atoms with van der Waals surface area (Å²) in [6, 6.07) is 16.6. The molecule has 0 aliphatic carbocycles. The molecule has 4 heterocycles. The summed E-state index contributed by atoms with van der Waals surface area (Å²) >= 11 is 7.20. The second kappa shape index (κ2) is 16.5. The minimum Gasteiger partial charge on any atom is -0.465 e. The number of nitrogen functional groups attached to an aromatic ring is 1. The highest BCUT2D eigenvalue weighted by molar-refractivity contribution is 9.11. The molecule has 3 aliphatic heterocycles. The summed E-state index contributed by atoms with van der Waals surface area (Å²) in [7, 11) is 1.37. The van der Waals surface area contributed by atoms with Crippen molar-refractivity contribution in [3.05, 3.63) is 86.1 Å². The second-order valence-electron chi connectivity index (χ2n) is 14.1. The van der Waals surface area contributed by atoms with Gasteiger partial charge in [0.05, 0.1) is 35.4 Å². The normalized spacial score (nSPS) is 17.4. The molecule has 280 valence electrons. The van der Waals surface area contributed by atoms with E-state index in [1.165, 1.54) is 20.0 Å². The Morgan fingerprint density at radius 1 is 1.00 bits per heavy atom. The topological polar surface area (TPSA) is 138 Å². The van der Waals surface area contributed by atoms with Crippen molar-refractivity contribution >= 4 is 72.3 Å². The molecule has 2 saturated heterocycles. The van der Waals surface area contributed by atoms with Crippen molar-refractivity contribution < 1.29 is 19.1 Å². The molecule has 0 bridgehead atoms. The minimum atomic E-state index is -0.502. The third-order valence-electron chi connectivity index (χ3n) is 10.8. The van der Waals surface area contributed by atoms with Crippen molar-refractivity contribution in [2.45, 2.75) is 63.6 Å². The lowest BCUT2D eigenvalue weighted by molar-refractivity contribution is 0.0600. The van der Waals surface area contributed by atoms with Crippen molar-refractivity contribution in [3.8, 4) is 0 Å². The number of aromatic nitrogens is 2. The Bertz CT molecular complexity index is 1970. The minimum absolute atomic E-state index is 0.0393. The third kappa shape index (κ3) is 8.34. The monoisotopic (exact) mass is 848 g/mol. The van der Waals surface area contributed by atoms with Crippen LogP contribution in [0.15, 0.2) is 63.5 Å². The first-order chi connectivity index (χ1) is 25.7. The van der Waals surface area contributed by atoms with Crippen LogP contribution in [0.3, 0.4) is 0 Å². The zero-order chi connectivity index (χ0) is 37.1. The van der Waals surface area contributed by atoms with E-state index in [-0.39, 0.29) is 18.1 Å². The smallest absolute Gasteiger partial charge is 0.337 e. The van der Waals surface area contributed by atoms with Crippen LogP contribution < -0.4 is 16.4 Å². The molecule has 12 nitrogen and oxygen atoms in total. The number of likely N-dealkylation sites (tertiary alicyclic amines) is 2. The van der Waals surface area contributed by atoms with Crippen LogP contribution in [0.5, 0.6) is 0 Å². The van der Waals surface area contributed by atoms with Crippen molar-refractivity contribution in [2.24, 2.45) is 0 Å². The summed E-state index contributed by atoms with van der Waals surface area (Å²) in [6.45, 7) is 5.60. The molecule has 1 atom stereocenters. The number of urea groups is 2. The standard InChI is InChI=1S/C39H46Br2N8O4/c1-53-37(50)27-9-10-34-32(24-27)43-36(49(34)17-6-16-46-14-4-5-15-46)33(23-25-21-29(40)35(42)30(41)22-25)45-38(51)47-18-12-28(13-19-47)48-20-11-26-7-2-3-8-31(26)44-39(48)52/h2-3,7-10,21-22,24,28,33H,4-6,11-20,23,42H2,1H3,(H,44,52)(H,45,51)/t33-/m1/s1. The average molecular weight is 851 g/mol. The molecule has 1 aromatic heterocycles. The van der Waals surface area contributed by atoms with E-state index in [9.17, 15) is 14.4 Å². The number of amides is 4. The highest BCUT2D eigenvalue weighted by atomic mass is 79.9. The summed E-state index contributed by atoms with van der Waals surface area (Å²) in [6.07, 6.45) is 5.98. The average Bonchev–Trinajstić information content (AvgIpc) is 3.78. The van der Waals surface area contributed by atoms with E-state index in [0.29, 0.717) is 62.2 Å². The molecule has 4 aromatic rings. The predicted molar refractivity (Wildman–Crippen MR) is 213 cm³/mol. The number of ether oxygens (including phenoxy) is 1. The Labute approximate surface area is 326 Å². The number of methoxy groups -OCH3 is 1. The number of nitrogens with two attached hydrogens (primary N) is 1. The fraction of sp³-hybridized carbons (Fsp3) is 0.436. The summed E-state index contributed by atoms with van der Waals surface area (Å²) in [4.78, 5) is 51.3. The quantitative estimate of drug-likeness (QED) is 0.116. The number of hydrogen-bond acceptors (Lipinski definition) is 7. The first-order valence-corrected chi connectivity index (χ1v) is 20.0. The molecule has 14 heteroatoms. The van der Waals surface area contributed by atoms with Gasteiger partial charge in [0.25, 0.3) is 0 Å². The highest BCUT2D eigenvalue weighted by Gasteiger charge is 2.33. The van der Waals surface area contributed by atoms with Crippen LogP contribution in [-0.4, -0.2) is 94.7 Å². The van der Waals surface area contributed by atoms with Crippen LogP contribution in [0.4, 0.5) is 21.0 Å². The van der Waals surface area contributed by atoms with E-state index in [2.05, 4.69) is 58.0 Å². The molecule has 0 unspecified atom stereocenters. The lowest BCUT2D eigenvalue weighted by atomic mass is 10.0. The van der Waals surface area contributed by atoms with Gasteiger partial charge in [-0.15, -0.1) is 0 Å². The van der Waals surface area contributed by atoms with Gasteiger partial charge in [-0.1, -0.05) is 18.2 Å². The molecule has 4 amide bonds. The van der Waals surface area contributed by atoms with Gasteiger partial charge in [-0.3, -0.25) is 0 Å². The number of benzene rings is 3. The Balaban J connectivity index is 1.14. The molecule has 3 aliphatic rings. The van der Waals surface area contributed by atoms with E-state index < -0.39 is 12.0 Å². The molecule has 0 radical (unpaired) electrons.